The van der Waals surface area contributed by atoms with E-state index in [0.717, 1.165) is 10.5 Å². The van der Waals surface area contributed by atoms with Crippen LogP contribution in [0.1, 0.15) is 21.5 Å². The molecule has 1 atom stereocenters. The number of carbonyl (C=O) groups is 5. The van der Waals surface area contributed by atoms with E-state index in [-0.39, 0.29) is 31.0 Å². The third kappa shape index (κ3) is 6.39. The largest absolute Gasteiger partial charge is 0.467 e. The standard InChI is InChI=1S/C23H23N3O7/c1-32-22(30)18(11-15-5-3-2-4-6-15)25-19(27)14-33-21(29)17-9-7-16(8-10-17)13-26-20(28)12-24-23(26)31/h2-10,18H,11-14H2,1H3,(H,24,31)(H,25,27). The monoisotopic (exact) mass is 453 g/mol. The predicted octanol–water partition coefficient (Wildman–Crippen LogP) is 0.796. The molecule has 10 nitrogen and oxygen atoms in total. The highest BCUT2D eigenvalue weighted by molar-refractivity contribution is 6.01. The molecular weight excluding hydrogens is 430 g/mol. The summed E-state index contributed by atoms with van der Waals surface area (Å²) in [5.41, 5.74) is 1.67. The van der Waals surface area contributed by atoms with E-state index in [0.29, 0.717) is 5.56 Å². The van der Waals surface area contributed by atoms with Gasteiger partial charge in [0.1, 0.15) is 6.04 Å². The van der Waals surface area contributed by atoms with E-state index in [9.17, 15) is 24.0 Å². The summed E-state index contributed by atoms with van der Waals surface area (Å²) in [6.07, 6.45) is 0.228. The van der Waals surface area contributed by atoms with Crippen molar-refractivity contribution in [3.63, 3.8) is 0 Å². The zero-order chi connectivity index (χ0) is 23.8. The summed E-state index contributed by atoms with van der Waals surface area (Å²) >= 11 is 0. The molecule has 1 fully saturated rings. The number of carbonyl (C=O) groups excluding carboxylic acids is 5. The van der Waals surface area contributed by atoms with Gasteiger partial charge in [-0.2, -0.15) is 0 Å². The molecular formula is C23H23N3O7. The number of nitrogens with one attached hydrogen (secondary N) is 2. The lowest BCUT2D eigenvalue weighted by Crippen LogP contribution is -2.44. The van der Waals surface area contributed by atoms with Gasteiger partial charge in [-0.1, -0.05) is 42.5 Å². The molecule has 0 spiro atoms. The number of benzene rings is 2. The molecule has 0 aromatic heterocycles. The van der Waals surface area contributed by atoms with Gasteiger partial charge in [0.2, 0.25) is 5.91 Å². The molecule has 2 aromatic carbocycles. The predicted molar refractivity (Wildman–Crippen MR) is 115 cm³/mol. The van der Waals surface area contributed by atoms with Gasteiger partial charge < -0.3 is 20.1 Å². The minimum absolute atomic E-state index is 0.0342. The first-order valence-electron chi connectivity index (χ1n) is 10.1. The Morgan fingerprint density at radius 1 is 1.03 bits per heavy atom. The summed E-state index contributed by atoms with van der Waals surface area (Å²) in [7, 11) is 1.22. The minimum Gasteiger partial charge on any atom is -0.467 e. The van der Waals surface area contributed by atoms with Crippen molar-refractivity contribution in [3.8, 4) is 0 Å². The van der Waals surface area contributed by atoms with E-state index in [4.69, 9.17) is 9.47 Å². The molecule has 2 aromatic rings. The number of amides is 4. The fraction of sp³-hybridized carbons (Fsp3) is 0.261. The molecule has 10 heteroatoms. The molecule has 1 saturated heterocycles. The summed E-state index contributed by atoms with van der Waals surface area (Å²) < 4.78 is 9.77. The summed E-state index contributed by atoms with van der Waals surface area (Å²) in [5.74, 6) is -2.32. The first kappa shape index (κ1) is 23.5. The van der Waals surface area contributed by atoms with Crippen LogP contribution in [-0.2, 0) is 36.8 Å². The lowest BCUT2D eigenvalue weighted by Gasteiger charge is -2.16. The van der Waals surface area contributed by atoms with Crippen molar-refractivity contribution < 1.29 is 33.4 Å². The number of hydrogen-bond donors (Lipinski definition) is 2. The number of esters is 2. The van der Waals surface area contributed by atoms with Crippen LogP contribution in [0.15, 0.2) is 54.6 Å². The maximum Gasteiger partial charge on any atom is 0.338 e. The highest BCUT2D eigenvalue weighted by Crippen LogP contribution is 2.11. The Morgan fingerprint density at radius 2 is 1.73 bits per heavy atom. The van der Waals surface area contributed by atoms with Gasteiger partial charge >= 0.3 is 18.0 Å². The number of ether oxygens (including phenoxy) is 2. The van der Waals surface area contributed by atoms with Crippen LogP contribution < -0.4 is 10.6 Å². The molecule has 1 unspecified atom stereocenters. The van der Waals surface area contributed by atoms with Gasteiger partial charge in [-0.3, -0.25) is 14.5 Å². The van der Waals surface area contributed by atoms with Crippen LogP contribution in [-0.4, -0.2) is 61.0 Å². The topological polar surface area (TPSA) is 131 Å². The van der Waals surface area contributed by atoms with Gasteiger partial charge in [0.15, 0.2) is 6.61 Å². The number of methoxy groups -OCH3 is 1. The molecule has 2 N–H and O–H groups in total. The Labute approximate surface area is 189 Å². The quantitative estimate of drug-likeness (QED) is 0.424. The smallest absolute Gasteiger partial charge is 0.338 e. The van der Waals surface area contributed by atoms with Crippen LogP contribution >= 0.6 is 0 Å². The van der Waals surface area contributed by atoms with Gasteiger partial charge in [0.05, 0.1) is 25.8 Å². The molecule has 1 heterocycles. The second-order valence-electron chi connectivity index (χ2n) is 7.24. The lowest BCUT2D eigenvalue weighted by molar-refractivity contribution is -0.145. The van der Waals surface area contributed by atoms with Crippen molar-refractivity contribution >= 4 is 29.8 Å². The summed E-state index contributed by atoms with van der Waals surface area (Å²) in [6.45, 7) is -0.530. The number of urea groups is 1. The average Bonchev–Trinajstić information content (AvgIpc) is 3.14. The van der Waals surface area contributed by atoms with Crippen LogP contribution in [0.4, 0.5) is 4.79 Å². The van der Waals surface area contributed by atoms with Gasteiger partial charge in [0, 0.05) is 6.42 Å². The summed E-state index contributed by atoms with van der Waals surface area (Å²) in [4.78, 5) is 60.8. The zero-order valence-electron chi connectivity index (χ0n) is 17.9. The highest BCUT2D eigenvalue weighted by atomic mass is 16.5. The molecule has 3 rings (SSSR count). The molecule has 1 aliphatic heterocycles. The van der Waals surface area contributed by atoms with E-state index in [1.807, 2.05) is 30.3 Å². The molecule has 0 bridgehead atoms. The van der Waals surface area contributed by atoms with E-state index < -0.39 is 36.5 Å². The Kier molecular flexibility index (Phi) is 7.74. The number of nitrogens with zero attached hydrogens (tertiary/aromatic N) is 1. The van der Waals surface area contributed by atoms with Gasteiger partial charge in [0.25, 0.3) is 5.91 Å². The maximum absolute atomic E-state index is 12.3. The third-order valence-electron chi connectivity index (χ3n) is 4.91. The van der Waals surface area contributed by atoms with Crippen molar-refractivity contribution in [2.45, 2.75) is 19.0 Å². The zero-order valence-corrected chi connectivity index (χ0v) is 17.9. The van der Waals surface area contributed by atoms with Gasteiger partial charge in [-0.25, -0.2) is 14.4 Å². The van der Waals surface area contributed by atoms with Crippen molar-refractivity contribution in [1.29, 1.82) is 0 Å². The first-order chi connectivity index (χ1) is 15.9. The molecule has 4 amide bonds. The summed E-state index contributed by atoms with van der Waals surface area (Å²) in [6, 6.07) is 13.8. The van der Waals surface area contributed by atoms with Crippen molar-refractivity contribution in [2.24, 2.45) is 0 Å². The van der Waals surface area contributed by atoms with E-state index in [1.54, 1.807) is 12.1 Å². The number of hydrogen-bond acceptors (Lipinski definition) is 7. The molecule has 1 aliphatic rings. The van der Waals surface area contributed by atoms with Crippen molar-refractivity contribution in [3.05, 3.63) is 71.3 Å². The fourth-order valence-electron chi connectivity index (χ4n) is 3.18. The molecule has 172 valence electrons. The third-order valence-corrected chi connectivity index (χ3v) is 4.91. The van der Waals surface area contributed by atoms with Crippen LogP contribution in [0, 0.1) is 0 Å². The van der Waals surface area contributed by atoms with Gasteiger partial charge in [-0.15, -0.1) is 0 Å². The SMILES string of the molecule is COC(=O)C(Cc1ccccc1)NC(=O)COC(=O)c1ccc(CN2C(=O)CNC2=O)cc1. The second kappa shape index (κ2) is 10.9. The second-order valence-corrected chi connectivity index (χ2v) is 7.24. The Morgan fingerprint density at radius 3 is 2.33 bits per heavy atom. The first-order valence-corrected chi connectivity index (χ1v) is 10.1. The van der Waals surface area contributed by atoms with Gasteiger partial charge in [-0.05, 0) is 23.3 Å². The highest BCUT2D eigenvalue weighted by Gasteiger charge is 2.28. The van der Waals surface area contributed by atoms with Crippen LogP contribution in [0.3, 0.4) is 0 Å². The van der Waals surface area contributed by atoms with Crippen molar-refractivity contribution in [2.75, 3.05) is 20.3 Å². The maximum atomic E-state index is 12.3. The van der Waals surface area contributed by atoms with E-state index >= 15 is 0 Å². The van der Waals surface area contributed by atoms with Crippen LogP contribution in [0.5, 0.6) is 0 Å². The normalized spacial score (nSPS) is 13.8. The molecule has 0 radical (unpaired) electrons. The Bertz CT molecular complexity index is 1020. The van der Waals surface area contributed by atoms with E-state index in [2.05, 4.69) is 10.6 Å². The molecule has 33 heavy (non-hydrogen) atoms. The van der Waals surface area contributed by atoms with E-state index in [1.165, 1.54) is 19.2 Å². The fourth-order valence-corrected chi connectivity index (χ4v) is 3.18. The Hall–Kier alpha value is -4.21. The number of rotatable bonds is 9. The van der Waals surface area contributed by atoms with Crippen LogP contribution in [0.25, 0.3) is 0 Å². The Balaban J connectivity index is 1.51. The minimum atomic E-state index is -0.923. The average molecular weight is 453 g/mol. The molecule has 0 aliphatic carbocycles. The van der Waals surface area contributed by atoms with Crippen molar-refractivity contribution in [1.82, 2.24) is 15.5 Å². The molecule has 0 saturated carbocycles. The number of imide groups is 1. The summed E-state index contributed by atoms with van der Waals surface area (Å²) in [5, 5.41) is 4.95. The van der Waals surface area contributed by atoms with Crippen LogP contribution in [0.2, 0.25) is 0 Å². The lowest BCUT2D eigenvalue weighted by atomic mass is 10.1.